The second kappa shape index (κ2) is 7.63. The Morgan fingerprint density at radius 1 is 1.37 bits per heavy atom. The molecule has 1 aromatic heterocycles. The van der Waals surface area contributed by atoms with Crippen molar-refractivity contribution >= 4 is 34.6 Å². The number of nitrogens with zero attached hydrogens (tertiary/aromatic N) is 2. The van der Waals surface area contributed by atoms with Crippen molar-refractivity contribution in [1.29, 1.82) is 0 Å². The van der Waals surface area contributed by atoms with E-state index in [-0.39, 0.29) is 13.2 Å². The van der Waals surface area contributed by atoms with Crippen LogP contribution in [0.1, 0.15) is 19.5 Å². The minimum atomic E-state index is -1.15. The van der Waals surface area contributed by atoms with Gasteiger partial charge in [-0.3, -0.25) is 9.59 Å². The molecule has 0 bridgehead atoms. The van der Waals surface area contributed by atoms with Gasteiger partial charge in [0.25, 0.3) is 0 Å². The van der Waals surface area contributed by atoms with Gasteiger partial charge in [0, 0.05) is 11.6 Å². The maximum absolute atomic E-state index is 11.7. The van der Waals surface area contributed by atoms with E-state index in [2.05, 4.69) is 9.98 Å². The Morgan fingerprint density at radius 2 is 1.95 bits per heavy atom. The zero-order valence-electron chi connectivity index (χ0n) is 11.1. The monoisotopic (exact) mass is 284 g/mol. The van der Waals surface area contributed by atoms with E-state index in [9.17, 15) is 9.59 Å². The lowest BCUT2D eigenvalue weighted by Crippen LogP contribution is -2.29. The molecule has 0 amide bonds. The van der Waals surface area contributed by atoms with Gasteiger partial charge in [0.05, 0.1) is 18.9 Å². The molecule has 0 aliphatic heterocycles. The summed E-state index contributed by atoms with van der Waals surface area (Å²) in [5, 5.41) is 2.31. The lowest BCUT2D eigenvalue weighted by atomic mass is 10.2. The molecule has 1 aromatic rings. The van der Waals surface area contributed by atoms with Crippen molar-refractivity contribution in [1.82, 2.24) is 4.98 Å². The van der Waals surface area contributed by atoms with E-state index in [0.29, 0.717) is 5.13 Å². The number of esters is 2. The highest BCUT2D eigenvalue weighted by atomic mass is 32.1. The Hall–Kier alpha value is -1.76. The van der Waals surface area contributed by atoms with Gasteiger partial charge in [-0.2, -0.15) is 0 Å². The Kier molecular flexibility index (Phi) is 6.14. The highest BCUT2D eigenvalue weighted by Crippen LogP contribution is 2.18. The molecule has 0 saturated heterocycles. The van der Waals surface area contributed by atoms with Crippen molar-refractivity contribution in [3.8, 4) is 0 Å². The first-order valence-electron chi connectivity index (χ1n) is 5.88. The normalized spacial score (nSPS) is 10.9. The molecule has 1 rings (SSSR count). The molecular weight excluding hydrogens is 268 g/mol. The van der Waals surface area contributed by atoms with Crippen LogP contribution in [0.2, 0.25) is 0 Å². The van der Waals surface area contributed by atoms with Crippen LogP contribution in [-0.4, -0.2) is 36.4 Å². The molecule has 0 atom stereocenters. The maximum atomic E-state index is 11.7. The van der Waals surface area contributed by atoms with Crippen LogP contribution in [0.25, 0.3) is 0 Å². The van der Waals surface area contributed by atoms with Crippen LogP contribution in [0.5, 0.6) is 0 Å². The summed E-state index contributed by atoms with van der Waals surface area (Å²) in [6.45, 7) is 5.56. The van der Waals surface area contributed by atoms with E-state index < -0.39 is 17.9 Å². The molecule has 0 aliphatic carbocycles. The van der Waals surface area contributed by atoms with Crippen LogP contribution < -0.4 is 0 Å². The Morgan fingerprint density at radius 3 is 2.37 bits per heavy atom. The molecule has 0 N–H and O–H groups in total. The number of hydrogen-bond donors (Lipinski definition) is 0. The number of rotatable bonds is 6. The van der Waals surface area contributed by atoms with Crippen LogP contribution in [0.4, 0.5) is 5.13 Å². The average molecular weight is 284 g/mol. The quantitative estimate of drug-likeness (QED) is 0.453. The fraction of sp³-hybridized carbons (Fsp3) is 0.500. The number of thiazole rings is 1. The summed E-state index contributed by atoms with van der Waals surface area (Å²) >= 11 is 1.33. The third-order valence-electron chi connectivity index (χ3n) is 2.02. The topological polar surface area (TPSA) is 77.9 Å². The number of aliphatic imine (C=N–C) groups is 1. The fourth-order valence-electron chi connectivity index (χ4n) is 1.22. The van der Waals surface area contributed by atoms with Crippen LogP contribution in [0, 0.1) is 12.8 Å². The largest absolute Gasteiger partial charge is 0.465 e. The summed E-state index contributed by atoms with van der Waals surface area (Å²) in [6.07, 6.45) is 1.22. The van der Waals surface area contributed by atoms with Gasteiger partial charge in [0.1, 0.15) is 0 Å². The van der Waals surface area contributed by atoms with E-state index in [1.54, 1.807) is 13.8 Å². The van der Waals surface area contributed by atoms with Gasteiger partial charge < -0.3 is 9.47 Å². The first kappa shape index (κ1) is 15.3. The Labute approximate surface area is 115 Å². The van der Waals surface area contributed by atoms with Crippen molar-refractivity contribution in [2.45, 2.75) is 20.8 Å². The fourth-order valence-corrected chi connectivity index (χ4v) is 1.87. The predicted molar refractivity (Wildman–Crippen MR) is 71.8 cm³/mol. The van der Waals surface area contributed by atoms with Gasteiger partial charge in [0.2, 0.25) is 5.13 Å². The van der Waals surface area contributed by atoms with E-state index in [1.165, 1.54) is 17.6 Å². The highest BCUT2D eigenvalue weighted by Gasteiger charge is 2.27. The zero-order chi connectivity index (χ0) is 14.3. The van der Waals surface area contributed by atoms with Crippen LogP contribution >= 0.6 is 11.3 Å². The number of carbonyl (C=O) groups excluding carboxylic acids is 2. The molecule has 1 heterocycles. The number of carbonyl (C=O) groups is 2. The molecule has 0 aromatic carbocycles. The molecule has 19 heavy (non-hydrogen) atoms. The lowest BCUT2D eigenvalue weighted by Gasteiger charge is -2.09. The second-order valence-corrected chi connectivity index (χ2v) is 4.37. The molecule has 6 nitrogen and oxygen atoms in total. The maximum Gasteiger partial charge on any atom is 0.325 e. The van der Waals surface area contributed by atoms with Gasteiger partial charge in [-0.1, -0.05) is 0 Å². The molecular formula is C12H16N2O4S. The zero-order valence-corrected chi connectivity index (χ0v) is 11.9. The van der Waals surface area contributed by atoms with E-state index in [0.717, 1.165) is 5.69 Å². The van der Waals surface area contributed by atoms with Crippen molar-refractivity contribution in [2.24, 2.45) is 10.9 Å². The van der Waals surface area contributed by atoms with Crippen molar-refractivity contribution in [3.05, 3.63) is 11.1 Å². The highest BCUT2D eigenvalue weighted by molar-refractivity contribution is 7.13. The van der Waals surface area contributed by atoms with Gasteiger partial charge in [-0.15, -0.1) is 11.3 Å². The summed E-state index contributed by atoms with van der Waals surface area (Å²) in [4.78, 5) is 31.4. The molecule has 0 unspecified atom stereocenters. The first-order valence-corrected chi connectivity index (χ1v) is 6.76. The molecule has 0 spiro atoms. The number of hydrogen-bond acceptors (Lipinski definition) is 7. The summed E-state index contributed by atoms with van der Waals surface area (Å²) in [7, 11) is 0. The third-order valence-corrected chi connectivity index (χ3v) is 2.89. The van der Waals surface area contributed by atoms with Crippen molar-refractivity contribution < 1.29 is 19.1 Å². The average Bonchev–Trinajstić information content (AvgIpc) is 2.76. The van der Waals surface area contributed by atoms with E-state index in [1.807, 2.05) is 12.3 Å². The van der Waals surface area contributed by atoms with E-state index >= 15 is 0 Å². The number of ether oxygens (including phenoxy) is 2. The smallest absolute Gasteiger partial charge is 0.325 e. The SMILES string of the molecule is CCOC(=O)C(C=Nc1nc(C)cs1)C(=O)OCC. The third kappa shape index (κ3) is 4.78. The van der Waals surface area contributed by atoms with Gasteiger partial charge in [0.15, 0.2) is 5.92 Å². The van der Waals surface area contributed by atoms with Gasteiger partial charge in [-0.25, -0.2) is 9.98 Å². The standard InChI is InChI=1S/C12H16N2O4S/c1-4-17-10(15)9(11(16)18-5-2)6-13-12-14-8(3)7-19-12/h6-7,9H,4-5H2,1-3H3. The Bertz CT molecular complexity index is 452. The molecule has 7 heteroatoms. The van der Waals surface area contributed by atoms with Crippen molar-refractivity contribution in [3.63, 3.8) is 0 Å². The Balaban J connectivity index is 2.81. The summed E-state index contributed by atoms with van der Waals surface area (Å²) < 4.78 is 9.63. The lowest BCUT2D eigenvalue weighted by molar-refractivity contribution is -0.157. The summed E-state index contributed by atoms with van der Waals surface area (Å²) in [5.74, 6) is -2.49. The van der Waals surface area contributed by atoms with Crippen LogP contribution in [0.3, 0.4) is 0 Å². The minimum absolute atomic E-state index is 0.193. The van der Waals surface area contributed by atoms with Crippen molar-refractivity contribution in [2.75, 3.05) is 13.2 Å². The number of aryl methyl sites for hydroxylation is 1. The predicted octanol–water partition coefficient (Wildman–Crippen LogP) is 1.90. The van der Waals surface area contributed by atoms with Gasteiger partial charge >= 0.3 is 11.9 Å². The second-order valence-electron chi connectivity index (χ2n) is 3.53. The van der Waals surface area contributed by atoms with E-state index in [4.69, 9.17) is 9.47 Å². The summed E-state index contributed by atoms with van der Waals surface area (Å²) in [6, 6.07) is 0. The molecule has 0 aliphatic rings. The minimum Gasteiger partial charge on any atom is -0.465 e. The molecule has 0 saturated carbocycles. The number of aromatic nitrogens is 1. The summed E-state index contributed by atoms with van der Waals surface area (Å²) in [5.41, 5.74) is 0.834. The van der Waals surface area contributed by atoms with Crippen LogP contribution in [0.15, 0.2) is 10.4 Å². The molecule has 0 radical (unpaired) electrons. The molecule has 104 valence electrons. The molecule has 0 fully saturated rings. The van der Waals surface area contributed by atoms with Crippen LogP contribution in [-0.2, 0) is 19.1 Å². The van der Waals surface area contributed by atoms with Gasteiger partial charge in [-0.05, 0) is 20.8 Å². The first-order chi connectivity index (χ1) is 9.08.